The predicted octanol–water partition coefficient (Wildman–Crippen LogP) is -1.59. The third kappa shape index (κ3) is 5.79. The minimum atomic E-state index is -1.78. The summed E-state index contributed by atoms with van der Waals surface area (Å²) < 4.78 is 4.82. The summed E-state index contributed by atoms with van der Waals surface area (Å²) in [5, 5.41) is 51.6. The second-order valence-electron chi connectivity index (χ2n) is 6.54. The second kappa shape index (κ2) is 11.1. The Balaban J connectivity index is 2.16. The summed E-state index contributed by atoms with van der Waals surface area (Å²) >= 11 is 6.59. The molecule has 0 bridgehead atoms. The Morgan fingerprint density at radius 3 is 2.52 bits per heavy atom. The highest BCUT2D eigenvalue weighted by Gasteiger charge is 2.47. The van der Waals surface area contributed by atoms with Crippen molar-refractivity contribution in [3.05, 3.63) is 35.9 Å². The van der Waals surface area contributed by atoms with Gasteiger partial charge in [0.15, 0.2) is 5.11 Å². The van der Waals surface area contributed by atoms with Crippen molar-refractivity contribution in [1.82, 2.24) is 10.2 Å². The van der Waals surface area contributed by atoms with Crippen LogP contribution in [-0.4, -0.2) is 96.8 Å². The minimum Gasteiger partial charge on any atom is -0.467 e. The predicted molar refractivity (Wildman–Crippen MR) is 111 cm³/mol. The SMILES string of the molecule is COC(=O)[C@@H]1CSC([C@H](O)[C@@H](O)[C@H](O)[C@H](O)CO)N1C(=S)NCc1ccccc1. The van der Waals surface area contributed by atoms with Gasteiger partial charge < -0.3 is 40.5 Å². The molecular weight excluding hydrogens is 420 g/mol. The lowest BCUT2D eigenvalue weighted by Gasteiger charge is -2.36. The zero-order chi connectivity index (χ0) is 21.6. The Labute approximate surface area is 178 Å². The Morgan fingerprint density at radius 1 is 1.28 bits per heavy atom. The molecule has 1 fully saturated rings. The summed E-state index contributed by atoms with van der Waals surface area (Å²) in [6.45, 7) is -0.403. The summed E-state index contributed by atoms with van der Waals surface area (Å²) in [7, 11) is 1.24. The molecule has 0 saturated carbocycles. The molecule has 6 N–H and O–H groups in total. The molecule has 2 rings (SSSR count). The Bertz CT molecular complexity index is 681. The van der Waals surface area contributed by atoms with Crippen molar-refractivity contribution in [1.29, 1.82) is 0 Å². The van der Waals surface area contributed by atoms with Crippen LogP contribution in [0.4, 0.5) is 0 Å². The van der Waals surface area contributed by atoms with Crippen molar-refractivity contribution >= 4 is 35.1 Å². The van der Waals surface area contributed by atoms with Crippen molar-refractivity contribution in [2.24, 2.45) is 0 Å². The van der Waals surface area contributed by atoms with Gasteiger partial charge in [-0.15, -0.1) is 11.8 Å². The van der Waals surface area contributed by atoms with Crippen LogP contribution >= 0.6 is 24.0 Å². The summed E-state index contributed by atoms with van der Waals surface area (Å²) in [5.41, 5.74) is 0.954. The van der Waals surface area contributed by atoms with E-state index in [1.165, 1.54) is 12.0 Å². The molecule has 9 nitrogen and oxygen atoms in total. The van der Waals surface area contributed by atoms with Crippen molar-refractivity contribution in [2.75, 3.05) is 19.5 Å². The Hall–Kier alpha value is -1.47. The monoisotopic (exact) mass is 446 g/mol. The first kappa shape index (κ1) is 23.8. The number of aliphatic hydroxyl groups excluding tert-OH is 5. The smallest absolute Gasteiger partial charge is 0.329 e. The number of methoxy groups -OCH3 is 1. The molecule has 1 aromatic carbocycles. The lowest BCUT2D eigenvalue weighted by molar-refractivity contribution is -0.146. The normalized spacial score (nSPS) is 23.2. The molecule has 0 spiro atoms. The number of esters is 1. The molecule has 1 saturated heterocycles. The number of nitrogens with zero attached hydrogens (tertiary/aromatic N) is 1. The van der Waals surface area contributed by atoms with E-state index < -0.39 is 48.4 Å². The van der Waals surface area contributed by atoms with E-state index in [9.17, 15) is 25.2 Å². The summed E-state index contributed by atoms with van der Waals surface area (Å²) in [5.74, 6) is -0.311. The zero-order valence-corrected chi connectivity index (χ0v) is 17.4. The van der Waals surface area contributed by atoms with E-state index in [1.807, 2.05) is 30.3 Å². The fraction of sp³-hybridized carbons (Fsp3) is 0.556. The number of aliphatic hydroxyl groups is 5. The zero-order valence-electron chi connectivity index (χ0n) is 15.8. The van der Waals surface area contributed by atoms with Gasteiger partial charge in [0.2, 0.25) is 0 Å². The largest absolute Gasteiger partial charge is 0.467 e. The molecule has 0 amide bonds. The van der Waals surface area contributed by atoms with E-state index in [0.29, 0.717) is 6.54 Å². The van der Waals surface area contributed by atoms with Gasteiger partial charge in [0.05, 0.1) is 13.7 Å². The fourth-order valence-corrected chi connectivity index (χ4v) is 4.76. The van der Waals surface area contributed by atoms with Gasteiger partial charge in [-0.3, -0.25) is 0 Å². The maximum Gasteiger partial charge on any atom is 0.329 e. The lowest BCUT2D eigenvalue weighted by Crippen LogP contribution is -2.57. The van der Waals surface area contributed by atoms with Crippen LogP contribution in [0.3, 0.4) is 0 Å². The van der Waals surface area contributed by atoms with Crippen LogP contribution in [0.2, 0.25) is 0 Å². The fourth-order valence-electron chi connectivity index (χ4n) is 2.94. The lowest BCUT2D eigenvalue weighted by atomic mass is 10.0. The number of carbonyl (C=O) groups excluding carboxylic acids is 1. The summed E-state index contributed by atoms with van der Waals surface area (Å²) in [4.78, 5) is 13.6. The average molecular weight is 447 g/mol. The highest BCUT2D eigenvalue weighted by Crippen LogP contribution is 2.34. The number of ether oxygens (including phenoxy) is 1. The first-order valence-electron chi connectivity index (χ1n) is 8.94. The van der Waals surface area contributed by atoms with Gasteiger partial charge in [-0.2, -0.15) is 0 Å². The molecular formula is C18H26N2O7S2. The van der Waals surface area contributed by atoms with Gasteiger partial charge in [-0.05, 0) is 17.8 Å². The first-order valence-corrected chi connectivity index (χ1v) is 10.4. The van der Waals surface area contributed by atoms with Crippen LogP contribution < -0.4 is 5.32 Å². The molecule has 6 atom stereocenters. The van der Waals surface area contributed by atoms with E-state index in [2.05, 4.69) is 5.32 Å². The summed E-state index contributed by atoms with van der Waals surface area (Å²) in [6, 6.07) is 8.63. The molecule has 1 aliphatic rings. The van der Waals surface area contributed by atoms with Gasteiger partial charge in [0, 0.05) is 12.3 Å². The molecule has 0 aromatic heterocycles. The van der Waals surface area contributed by atoms with Crippen molar-refractivity contribution in [3.8, 4) is 0 Å². The number of thiocarbonyl (C=S) groups is 1. The standard InChI is InChI=1S/C18H26N2O7S2/c1-27-17(26)11-9-29-16(15(25)14(24)13(23)12(22)8-21)20(11)18(28)19-7-10-5-3-2-4-6-10/h2-6,11-16,21-25H,7-9H2,1H3,(H,19,28)/t11-,12+,13+,14-,15+,16?/m0/s1. The average Bonchev–Trinajstić information content (AvgIpc) is 3.20. The van der Waals surface area contributed by atoms with E-state index in [-0.39, 0.29) is 10.9 Å². The van der Waals surface area contributed by atoms with Crippen LogP contribution in [0.5, 0.6) is 0 Å². The molecule has 0 aliphatic carbocycles. The minimum absolute atomic E-state index is 0.169. The number of thioether (sulfide) groups is 1. The van der Waals surface area contributed by atoms with Crippen LogP contribution in [0.1, 0.15) is 5.56 Å². The Kier molecular flexibility index (Phi) is 9.08. The third-order valence-corrected chi connectivity index (χ3v) is 6.31. The van der Waals surface area contributed by atoms with Crippen LogP contribution in [0.15, 0.2) is 30.3 Å². The van der Waals surface area contributed by atoms with E-state index in [4.69, 9.17) is 22.1 Å². The quantitative estimate of drug-likeness (QED) is 0.203. The number of hydrogen-bond acceptors (Lipinski definition) is 9. The van der Waals surface area contributed by atoms with Crippen molar-refractivity contribution < 1.29 is 35.1 Å². The summed E-state index contributed by atoms with van der Waals surface area (Å²) in [6.07, 6.45) is -6.74. The molecule has 1 heterocycles. The van der Waals surface area contributed by atoms with Crippen molar-refractivity contribution in [2.45, 2.75) is 42.4 Å². The highest BCUT2D eigenvalue weighted by molar-refractivity contribution is 8.00. The number of rotatable bonds is 8. The van der Waals surface area contributed by atoms with Gasteiger partial charge in [-0.1, -0.05) is 30.3 Å². The molecule has 1 unspecified atom stereocenters. The van der Waals surface area contributed by atoms with Crippen LogP contribution in [0, 0.1) is 0 Å². The van der Waals surface area contributed by atoms with E-state index in [0.717, 1.165) is 17.3 Å². The molecule has 1 aliphatic heterocycles. The highest BCUT2D eigenvalue weighted by atomic mass is 32.2. The molecule has 0 radical (unpaired) electrons. The Morgan fingerprint density at radius 2 is 1.93 bits per heavy atom. The number of hydrogen-bond donors (Lipinski definition) is 6. The number of benzene rings is 1. The van der Waals surface area contributed by atoms with Gasteiger partial charge in [-0.25, -0.2) is 4.79 Å². The van der Waals surface area contributed by atoms with Crippen molar-refractivity contribution in [3.63, 3.8) is 0 Å². The number of carbonyl (C=O) groups is 1. The first-order chi connectivity index (χ1) is 13.8. The topological polar surface area (TPSA) is 143 Å². The van der Waals surface area contributed by atoms with Crippen LogP contribution in [-0.2, 0) is 16.1 Å². The maximum absolute atomic E-state index is 12.2. The number of nitrogens with one attached hydrogen (secondary N) is 1. The van der Waals surface area contributed by atoms with Gasteiger partial charge in [0.1, 0.15) is 35.8 Å². The maximum atomic E-state index is 12.2. The molecule has 29 heavy (non-hydrogen) atoms. The third-order valence-electron chi connectivity index (χ3n) is 4.60. The van der Waals surface area contributed by atoms with Gasteiger partial charge >= 0.3 is 5.97 Å². The molecule has 162 valence electrons. The van der Waals surface area contributed by atoms with E-state index in [1.54, 1.807) is 0 Å². The van der Waals surface area contributed by atoms with Crippen LogP contribution in [0.25, 0.3) is 0 Å². The second-order valence-corrected chi connectivity index (χ2v) is 8.07. The van der Waals surface area contributed by atoms with E-state index >= 15 is 0 Å². The van der Waals surface area contributed by atoms with Gasteiger partial charge in [0.25, 0.3) is 0 Å². The molecule has 1 aromatic rings. The molecule has 11 heteroatoms.